The molecule has 0 saturated heterocycles. The highest BCUT2D eigenvalue weighted by atomic mass is 35.5. The average molecular weight is 292 g/mol. The Morgan fingerprint density at radius 3 is 2.61 bits per heavy atom. The van der Waals surface area contributed by atoms with Crippen molar-refractivity contribution in [3.8, 4) is 0 Å². The highest BCUT2D eigenvalue weighted by Crippen LogP contribution is 2.19. The molecule has 8 heteroatoms. The van der Waals surface area contributed by atoms with E-state index in [-0.39, 0.29) is 16.5 Å². The first-order chi connectivity index (χ1) is 8.38. The standard InChI is InChI=1S/C10H14ClN3O3S/c1-5-7(11)8(14(2)13-5)9(15)12-6(4-18-3)10(16)17/h6H,4H2,1-3H3,(H,12,15)(H,16,17)/t6-/m0/s1. The summed E-state index contributed by atoms with van der Waals surface area (Å²) < 4.78 is 1.34. The number of aromatic nitrogens is 2. The smallest absolute Gasteiger partial charge is 0.327 e. The van der Waals surface area contributed by atoms with Gasteiger partial charge in [0.25, 0.3) is 5.91 Å². The summed E-state index contributed by atoms with van der Waals surface area (Å²) in [5.41, 5.74) is 0.697. The number of rotatable bonds is 5. The summed E-state index contributed by atoms with van der Waals surface area (Å²) in [5, 5.41) is 15.6. The van der Waals surface area contributed by atoms with Crippen LogP contribution < -0.4 is 5.32 Å². The van der Waals surface area contributed by atoms with Crippen molar-refractivity contribution < 1.29 is 14.7 Å². The number of nitrogens with zero attached hydrogens (tertiary/aromatic N) is 2. The Labute approximate surface area is 114 Å². The molecule has 1 amide bonds. The van der Waals surface area contributed by atoms with E-state index in [0.29, 0.717) is 5.69 Å². The number of carboxylic acid groups (broad SMARTS) is 1. The van der Waals surface area contributed by atoms with Crippen LogP contribution in [0.15, 0.2) is 0 Å². The lowest BCUT2D eigenvalue weighted by atomic mass is 10.3. The molecule has 0 aliphatic carbocycles. The van der Waals surface area contributed by atoms with Gasteiger partial charge in [-0.15, -0.1) is 0 Å². The summed E-state index contributed by atoms with van der Waals surface area (Å²) in [6.45, 7) is 1.68. The molecule has 0 radical (unpaired) electrons. The van der Waals surface area contributed by atoms with Crippen molar-refractivity contribution in [1.82, 2.24) is 15.1 Å². The summed E-state index contributed by atoms with van der Waals surface area (Å²) in [6.07, 6.45) is 1.77. The number of carboxylic acids is 1. The molecule has 0 unspecified atom stereocenters. The van der Waals surface area contributed by atoms with Crippen LogP contribution in [0.3, 0.4) is 0 Å². The number of carbonyl (C=O) groups excluding carboxylic acids is 1. The van der Waals surface area contributed by atoms with Gasteiger partial charge in [-0.25, -0.2) is 4.79 Å². The lowest BCUT2D eigenvalue weighted by Gasteiger charge is -2.13. The number of aliphatic carboxylic acids is 1. The summed E-state index contributed by atoms with van der Waals surface area (Å²) in [7, 11) is 1.58. The van der Waals surface area contributed by atoms with Gasteiger partial charge in [-0.3, -0.25) is 9.48 Å². The molecule has 0 fully saturated rings. The predicted molar refractivity (Wildman–Crippen MR) is 70.2 cm³/mol. The highest BCUT2D eigenvalue weighted by Gasteiger charge is 2.24. The number of thioether (sulfide) groups is 1. The summed E-state index contributed by atoms with van der Waals surface area (Å²) >= 11 is 7.29. The molecule has 1 heterocycles. The Morgan fingerprint density at radius 2 is 2.22 bits per heavy atom. The predicted octanol–water partition coefficient (Wildman–Crippen LogP) is 0.928. The second-order valence-corrected chi connectivity index (χ2v) is 4.98. The number of hydrogen-bond donors (Lipinski definition) is 2. The summed E-state index contributed by atoms with van der Waals surface area (Å²) in [5.74, 6) is -1.33. The van der Waals surface area contributed by atoms with Gasteiger partial charge in [0.15, 0.2) is 0 Å². The molecule has 18 heavy (non-hydrogen) atoms. The summed E-state index contributed by atoms with van der Waals surface area (Å²) in [6, 6.07) is -0.946. The number of halogens is 1. The highest BCUT2D eigenvalue weighted by molar-refractivity contribution is 7.98. The Hall–Kier alpha value is -1.21. The van der Waals surface area contributed by atoms with Crippen LogP contribution >= 0.6 is 23.4 Å². The van der Waals surface area contributed by atoms with Crippen LogP contribution in [0.2, 0.25) is 5.02 Å². The van der Waals surface area contributed by atoms with Crippen molar-refractivity contribution in [2.45, 2.75) is 13.0 Å². The van der Waals surface area contributed by atoms with Crippen molar-refractivity contribution in [1.29, 1.82) is 0 Å². The van der Waals surface area contributed by atoms with Gasteiger partial charge >= 0.3 is 5.97 Å². The molecule has 6 nitrogen and oxygen atoms in total. The lowest BCUT2D eigenvalue weighted by molar-refractivity contribution is -0.138. The van der Waals surface area contributed by atoms with E-state index in [2.05, 4.69) is 10.4 Å². The van der Waals surface area contributed by atoms with Crippen LogP contribution in [-0.2, 0) is 11.8 Å². The average Bonchev–Trinajstić information content (AvgIpc) is 2.52. The number of aryl methyl sites for hydroxylation is 2. The van der Waals surface area contributed by atoms with E-state index in [9.17, 15) is 9.59 Å². The fourth-order valence-corrected chi connectivity index (χ4v) is 2.25. The van der Waals surface area contributed by atoms with Gasteiger partial charge in [-0.05, 0) is 13.2 Å². The molecule has 0 aliphatic rings. The van der Waals surface area contributed by atoms with Crippen molar-refractivity contribution in [2.75, 3.05) is 12.0 Å². The SMILES string of the molecule is CSC[C@H](NC(=O)c1c(Cl)c(C)nn1C)C(=O)O. The number of nitrogens with one attached hydrogen (secondary N) is 1. The van der Waals surface area contributed by atoms with Crippen LogP contribution in [0.25, 0.3) is 0 Å². The topological polar surface area (TPSA) is 84.2 Å². The molecular weight excluding hydrogens is 278 g/mol. The van der Waals surface area contributed by atoms with E-state index >= 15 is 0 Å². The second-order valence-electron chi connectivity index (χ2n) is 3.69. The normalized spacial score (nSPS) is 12.2. The van der Waals surface area contributed by atoms with Gasteiger partial charge in [0.1, 0.15) is 11.7 Å². The van der Waals surface area contributed by atoms with E-state index in [1.165, 1.54) is 16.4 Å². The Morgan fingerprint density at radius 1 is 1.61 bits per heavy atom. The van der Waals surface area contributed by atoms with Crippen molar-refractivity contribution in [2.24, 2.45) is 7.05 Å². The minimum Gasteiger partial charge on any atom is -0.480 e. The number of carbonyl (C=O) groups is 2. The number of hydrogen-bond acceptors (Lipinski definition) is 4. The zero-order valence-electron chi connectivity index (χ0n) is 10.2. The maximum absolute atomic E-state index is 12.0. The molecule has 0 bridgehead atoms. The third-order valence-corrected chi connectivity index (χ3v) is 3.42. The fourth-order valence-electron chi connectivity index (χ4n) is 1.45. The van der Waals surface area contributed by atoms with Crippen LogP contribution in [0.1, 0.15) is 16.2 Å². The minimum absolute atomic E-state index is 0.168. The Kier molecular flexibility index (Phi) is 5.03. The third kappa shape index (κ3) is 3.17. The van der Waals surface area contributed by atoms with E-state index < -0.39 is 17.9 Å². The van der Waals surface area contributed by atoms with Crippen molar-refractivity contribution in [3.63, 3.8) is 0 Å². The van der Waals surface area contributed by atoms with E-state index in [4.69, 9.17) is 16.7 Å². The van der Waals surface area contributed by atoms with Gasteiger partial charge in [0.2, 0.25) is 0 Å². The lowest BCUT2D eigenvalue weighted by Crippen LogP contribution is -2.43. The molecule has 0 saturated carbocycles. The second kappa shape index (κ2) is 6.10. The molecular formula is C10H14ClN3O3S. The molecule has 1 aromatic heterocycles. The van der Waals surface area contributed by atoms with E-state index in [1.807, 2.05) is 0 Å². The molecule has 2 N–H and O–H groups in total. The maximum atomic E-state index is 12.0. The van der Waals surface area contributed by atoms with Gasteiger partial charge in [0, 0.05) is 12.8 Å². The van der Waals surface area contributed by atoms with Crippen molar-refractivity contribution >= 4 is 35.2 Å². The van der Waals surface area contributed by atoms with Gasteiger partial charge in [-0.2, -0.15) is 16.9 Å². The summed E-state index contributed by atoms with van der Waals surface area (Å²) in [4.78, 5) is 22.9. The first-order valence-corrected chi connectivity index (χ1v) is 6.87. The van der Waals surface area contributed by atoms with E-state index in [0.717, 1.165) is 0 Å². The monoisotopic (exact) mass is 291 g/mol. The maximum Gasteiger partial charge on any atom is 0.327 e. The van der Waals surface area contributed by atoms with Gasteiger partial charge in [-0.1, -0.05) is 11.6 Å². The number of amides is 1. The van der Waals surface area contributed by atoms with Crippen LogP contribution in [0, 0.1) is 6.92 Å². The van der Waals surface area contributed by atoms with Gasteiger partial charge < -0.3 is 10.4 Å². The zero-order chi connectivity index (χ0) is 13.9. The minimum atomic E-state index is -1.08. The van der Waals surface area contributed by atoms with Gasteiger partial charge in [0.05, 0.1) is 10.7 Å². The fraction of sp³-hybridized carbons (Fsp3) is 0.500. The Bertz CT molecular complexity index is 475. The molecule has 1 atom stereocenters. The quantitative estimate of drug-likeness (QED) is 0.843. The van der Waals surface area contributed by atoms with E-state index in [1.54, 1.807) is 20.2 Å². The Balaban J connectivity index is 2.90. The first-order valence-electron chi connectivity index (χ1n) is 5.10. The van der Waals surface area contributed by atoms with Crippen LogP contribution in [-0.4, -0.2) is 44.8 Å². The molecule has 1 aromatic rings. The van der Waals surface area contributed by atoms with Crippen molar-refractivity contribution in [3.05, 3.63) is 16.4 Å². The molecule has 0 aliphatic heterocycles. The molecule has 100 valence electrons. The molecule has 0 spiro atoms. The largest absolute Gasteiger partial charge is 0.480 e. The molecule has 0 aromatic carbocycles. The third-order valence-electron chi connectivity index (χ3n) is 2.30. The van der Waals surface area contributed by atoms with Crippen LogP contribution in [0.5, 0.6) is 0 Å². The first kappa shape index (κ1) is 14.8. The zero-order valence-corrected chi connectivity index (χ0v) is 11.8. The molecule has 1 rings (SSSR count). The van der Waals surface area contributed by atoms with Crippen LogP contribution in [0.4, 0.5) is 0 Å².